The SMILES string of the molecule is NC(=O)c1ccc(OP(=O)(O)Cc2ccccc2)cc1. The van der Waals surface area contributed by atoms with E-state index in [2.05, 4.69) is 0 Å². The second kappa shape index (κ2) is 5.90. The van der Waals surface area contributed by atoms with E-state index in [1.165, 1.54) is 24.3 Å². The molecule has 2 aromatic carbocycles. The topological polar surface area (TPSA) is 89.6 Å². The van der Waals surface area contributed by atoms with Gasteiger partial charge in [0.2, 0.25) is 5.91 Å². The normalized spacial score (nSPS) is 13.4. The van der Waals surface area contributed by atoms with Crippen molar-refractivity contribution in [3.8, 4) is 5.75 Å². The summed E-state index contributed by atoms with van der Waals surface area (Å²) < 4.78 is 17.1. The second-order valence-corrected chi connectivity index (χ2v) is 6.03. The Kier molecular flexibility index (Phi) is 4.23. The van der Waals surface area contributed by atoms with Gasteiger partial charge in [0.15, 0.2) is 0 Å². The minimum absolute atomic E-state index is 0.0780. The van der Waals surface area contributed by atoms with Crippen LogP contribution in [0, 0.1) is 0 Å². The molecule has 0 aliphatic carbocycles. The summed E-state index contributed by atoms with van der Waals surface area (Å²) in [4.78, 5) is 20.8. The summed E-state index contributed by atoms with van der Waals surface area (Å²) in [6.07, 6.45) is -0.0780. The first-order chi connectivity index (χ1) is 9.46. The van der Waals surface area contributed by atoms with Crippen molar-refractivity contribution in [1.29, 1.82) is 0 Å². The van der Waals surface area contributed by atoms with E-state index in [-0.39, 0.29) is 11.9 Å². The molecule has 0 radical (unpaired) electrons. The maximum atomic E-state index is 12.0. The van der Waals surface area contributed by atoms with Crippen molar-refractivity contribution >= 4 is 13.5 Å². The largest absolute Gasteiger partial charge is 0.424 e. The molecule has 0 heterocycles. The van der Waals surface area contributed by atoms with Gasteiger partial charge in [0.1, 0.15) is 5.75 Å². The molecule has 0 aliphatic heterocycles. The van der Waals surface area contributed by atoms with Gasteiger partial charge >= 0.3 is 7.60 Å². The summed E-state index contributed by atoms with van der Waals surface area (Å²) in [6, 6.07) is 14.7. The van der Waals surface area contributed by atoms with Crippen LogP contribution in [-0.4, -0.2) is 10.8 Å². The van der Waals surface area contributed by atoms with E-state index in [0.29, 0.717) is 11.1 Å². The van der Waals surface area contributed by atoms with E-state index >= 15 is 0 Å². The van der Waals surface area contributed by atoms with Gasteiger partial charge in [0.05, 0.1) is 6.16 Å². The molecule has 20 heavy (non-hydrogen) atoms. The van der Waals surface area contributed by atoms with Gasteiger partial charge in [-0.1, -0.05) is 30.3 Å². The molecule has 1 unspecified atom stereocenters. The van der Waals surface area contributed by atoms with Gasteiger partial charge in [-0.25, -0.2) is 4.57 Å². The highest BCUT2D eigenvalue weighted by Gasteiger charge is 2.21. The van der Waals surface area contributed by atoms with Crippen molar-refractivity contribution in [2.45, 2.75) is 6.16 Å². The molecule has 0 spiro atoms. The van der Waals surface area contributed by atoms with Gasteiger partial charge in [0.25, 0.3) is 0 Å². The van der Waals surface area contributed by atoms with Gasteiger partial charge in [-0.05, 0) is 29.8 Å². The highest BCUT2D eigenvalue weighted by Crippen LogP contribution is 2.45. The highest BCUT2D eigenvalue weighted by molar-refractivity contribution is 7.52. The Labute approximate surface area is 116 Å². The lowest BCUT2D eigenvalue weighted by molar-refractivity contribution is 0.100. The van der Waals surface area contributed by atoms with Crippen LogP contribution in [0.5, 0.6) is 5.75 Å². The lowest BCUT2D eigenvalue weighted by Crippen LogP contribution is -2.10. The first-order valence-electron chi connectivity index (χ1n) is 5.91. The number of rotatable bonds is 5. The second-order valence-electron chi connectivity index (χ2n) is 4.26. The molecule has 0 bridgehead atoms. The summed E-state index contributed by atoms with van der Waals surface area (Å²) in [5, 5.41) is 0. The van der Waals surface area contributed by atoms with Crippen LogP contribution in [0.1, 0.15) is 15.9 Å². The molecule has 0 saturated heterocycles. The van der Waals surface area contributed by atoms with Crippen molar-refractivity contribution in [3.63, 3.8) is 0 Å². The zero-order chi connectivity index (χ0) is 14.6. The predicted molar refractivity (Wildman–Crippen MR) is 75.6 cm³/mol. The van der Waals surface area contributed by atoms with Crippen molar-refractivity contribution < 1.29 is 18.8 Å². The van der Waals surface area contributed by atoms with E-state index in [4.69, 9.17) is 10.3 Å². The summed E-state index contributed by atoms with van der Waals surface area (Å²) in [5.41, 5.74) is 6.14. The number of carbonyl (C=O) groups excluding carboxylic acids is 1. The molecule has 0 saturated carbocycles. The maximum absolute atomic E-state index is 12.0. The quantitative estimate of drug-likeness (QED) is 0.828. The third kappa shape index (κ3) is 3.95. The first kappa shape index (κ1) is 14.3. The van der Waals surface area contributed by atoms with E-state index in [1.54, 1.807) is 24.3 Å². The number of benzene rings is 2. The lowest BCUT2D eigenvalue weighted by Gasteiger charge is -2.13. The Morgan fingerprint density at radius 3 is 2.25 bits per heavy atom. The summed E-state index contributed by atoms with van der Waals surface area (Å²) in [7, 11) is -3.79. The standard InChI is InChI=1S/C14H14NO4P/c15-14(16)12-6-8-13(9-7-12)19-20(17,18)10-11-4-2-1-3-5-11/h1-9H,10H2,(H2,15,16)(H,17,18). The molecule has 3 N–H and O–H groups in total. The van der Waals surface area contributed by atoms with Gasteiger partial charge < -0.3 is 15.2 Å². The number of nitrogens with two attached hydrogens (primary N) is 1. The number of primary amides is 1. The number of hydrogen-bond donors (Lipinski definition) is 2. The van der Waals surface area contributed by atoms with Crippen LogP contribution >= 0.6 is 7.60 Å². The Morgan fingerprint density at radius 1 is 1.10 bits per heavy atom. The Hall–Kier alpha value is -2.10. The molecular weight excluding hydrogens is 277 g/mol. The molecule has 6 heteroatoms. The van der Waals surface area contributed by atoms with Crippen LogP contribution in [0.25, 0.3) is 0 Å². The average Bonchev–Trinajstić information content (AvgIpc) is 2.39. The van der Waals surface area contributed by atoms with E-state index in [0.717, 1.165) is 0 Å². The van der Waals surface area contributed by atoms with E-state index in [1.807, 2.05) is 6.07 Å². The van der Waals surface area contributed by atoms with Gasteiger partial charge in [-0.3, -0.25) is 4.79 Å². The van der Waals surface area contributed by atoms with Crippen LogP contribution in [0.15, 0.2) is 54.6 Å². The van der Waals surface area contributed by atoms with Crippen molar-refractivity contribution in [2.75, 3.05) is 0 Å². The molecule has 0 aliphatic rings. The molecular formula is C14H14NO4P. The minimum Gasteiger partial charge on any atom is -0.424 e. The summed E-state index contributed by atoms with van der Waals surface area (Å²) >= 11 is 0. The molecule has 1 amide bonds. The fourth-order valence-corrected chi connectivity index (χ4v) is 2.88. The highest BCUT2D eigenvalue weighted by atomic mass is 31.2. The monoisotopic (exact) mass is 291 g/mol. The van der Waals surface area contributed by atoms with Crippen molar-refractivity contribution in [2.24, 2.45) is 5.73 Å². The summed E-state index contributed by atoms with van der Waals surface area (Å²) in [5.74, 6) is -0.343. The zero-order valence-corrected chi connectivity index (χ0v) is 11.5. The molecule has 0 aromatic heterocycles. The zero-order valence-electron chi connectivity index (χ0n) is 10.6. The average molecular weight is 291 g/mol. The van der Waals surface area contributed by atoms with E-state index < -0.39 is 13.5 Å². The van der Waals surface area contributed by atoms with Crippen LogP contribution < -0.4 is 10.3 Å². The van der Waals surface area contributed by atoms with Crippen molar-refractivity contribution in [1.82, 2.24) is 0 Å². The number of amides is 1. The minimum atomic E-state index is -3.79. The van der Waals surface area contributed by atoms with Gasteiger partial charge in [-0.2, -0.15) is 0 Å². The smallest absolute Gasteiger partial charge is 0.380 e. The van der Waals surface area contributed by atoms with Crippen molar-refractivity contribution in [3.05, 3.63) is 65.7 Å². The molecule has 104 valence electrons. The van der Waals surface area contributed by atoms with Crippen LogP contribution in [0.3, 0.4) is 0 Å². The molecule has 0 fully saturated rings. The molecule has 5 nitrogen and oxygen atoms in total. The fraction of sp³-hybridized carbons (Fsp3) is 0.0714. The Bertz CT molecular complexity index is 640. The van der Waals surface area contributed by atoms with Gasteiger partial charge in [0, 0.05) is 5.56 Å². The molecule has 1 atom stereocenters. The Morgan fingerprint density at radius 2 is 1.70 bits per heavy atom. The Balaban J connectivity index is 2.08. The lowest BCUT2D eigenvalue weighted by atomic mass is 10.2. The molecule has 2 rings (SSSR count). The summed E-state index contributed by atoms with van der Waals surface area (Å²) in [6.45, 7) is 0. The predicted octanol–water partition coefficient (Wildman–Crippen LogP) is 2.55. The number of carbonyl (C=O) groups is 1. The molecule has 2 aromatic rings. The fourth-order valence-electron chi connectivity index (χ4n) is 1.69. The van der Waals surface area contributed by atoms with E-state index in [9.17, 15) is 14.3 Å². The van der Waals surface area contributed by atoms with Crippen LogP contribution in [-0.2, 0) is 10.7 Å². The van der Waals surface area contributed by atoms with Crippen LogP contribution in [0.4, 0.5) is 0 Å². The van der Waals surface area contributed by atoms with Crippen LogP contribution in [0.2, 0.25) is 0 Å². The first-order valence-corrected chi connectivity index (χ1v) is 7.68. The number of hydrogen-bond acceptors (Lipinski definition) is 3. The third-order valence-electron chi connectivity index (χ3n) is 2.61. The third-order valence-corrected chi connectivity index (χ3v) is 3.87. The maximum Gasteiger partial charge on any atom is 0.380 e. The van der Waals surface area contributed by atoms with Gasteiger partial charge in [-0.15, -0.1) is 0 Å².